The fourth-order valence-electron chi connectivity index (χ4n) is 4.19. The quantitative estimate of drug-likeness (QED) is 0.205. The molecule has 1 aliphatic rings. The van der Waals surface area contributed by atoms with Gasteiger partial charge in [-0.25, -0.2) is 18.4 Å². The van der Waals surface area contributed by atoms with Gasteiger partial charge in [0.05, 0.1) is 0 Å². The summed E-state index contributed by atoms with van der Waals surface area (Å²) in [6.45, 7) is 1.83. The number of halogens is 2. The number of benzene rings is 4. The number of nitrogens with zero attached hydrogens (tertiary/aromatic N) is 1. The molecule has 0 aromatic heterocycles. The Bertz CT molecular complexity index is 1280. The zero-order valence-electron chi connectivity index (χ0n) is 22.6. The Labute approximate surface area is 242 Å². The second kappa shape index (κ2) is 16.0. The highest BCUT2D eigenvalue weighted by Crippen LogP contribution is 2.30. The van der Waals surface area contributed by atoms with Gasteiger partial charge in [-0.05, 0) is 72.6 Å². The summed E-state index contributed by atoms with van der Waals surface area (Å²) in [6.07, 6.45) is -1.80. The monoisotopic (exact) mass is 578 g/mol. The highest BCUT2D eigenvalue weighted by Gasteiger charge is 2.24. The SMILES string of the molecule is Fc1ccc(N(c2ccc(F)cc2)[C@H]2CCNC2)cc1.O=C(O)[C@H](O)c1ccccc1.O=C(O)[C@H](O)c1ccccc1. The zero-order valence-corrected chi connectivity index (χ0v) is 22.6. The van der Waals surface area contributed by atoms with Crippen LogP contribution in [0.25, 0.3) is 0 Å². The number of aliphatic carboxylic acids is 2. The van der Waals surface area contributed by atoms with E-state index in [0.29, 0.717) is 17.2 Å². The predicted octanol–water partition coefficient (Wildman–Crippen LogP) is 5.07. The van der Waals surface area contributed by atoms with Crippen molar-refractivity contribution in [2.75, 3.05) is 18.0 Å². The number of anilines is 2. The van der Waals surface area contributed by atoms with Crippen LogP contribution < -0.4 is 10.2 Å². The molecule has 5 rings (SSSR count). The summed E-state index contributed by atoms with van der Waals surface area (Å²) in [5.74, 6) is -2.96. The van der Waals surface area contributed by atoms with Gasteiger partial charge in [-0.3, -0.25) is 0 Å². The first-order valence-electron chi connectivity index (χ1n) is 13.1. The first-order valence-corrected chi connectivity index (χ1v) is 13.1. The van der Waals surface area contributed by atoms with Crippen molar-refractivity contribution in [1.82, 2.24) is 5.32 Å². The van der Waals surface area contributed by atoms with Crippen molar-refractivity contribution in [3.63, 3.8) is 0 Å². The highest BCUT2D eigenvalue weighted by molar-refractivity contribution is 5.74. The first kappa shape index (κ1) is 31.9. The van der Waals surface area contributed by atoms with E-state index in [2.05, 4.69) is 10.2 Å². The molecule has 0 aliphatic carbocycles. The molecule has 0 saturated carbocycles. The van der Waals surface area contributed by atoms with Crippen molar-refractivity contribution in [2.45, 2.75) is 24.7 Å². The second-order valence-corrected chi connectivity index (χ2v) is 9.27. The topological polar surface area (TPSA) is 130 Å². The second-order valence-electron chi connectivity index (χ2n) is 9.27. The Hall–Kier alpha value is -4.64. The van der Waals surface area contributed by atoms with Gasteiger partial charge in [0, 0.05) is 24.0 Å². The number of carbonyl (C=O) groups is 2. The Balaban J connectivity index is 0.000000188. The summed E-state index contributed by atoms with van der Waals surface area (Å²) in [5, 5.41) is 38.1. The largest absolute Gasteiger partial charge is 0.479 e. The average Bonchev–Trinajstić information content (AvgIpc) is 3.54. The molecule has 0 spiro atoms. The van der Waals surface area contributed by atoms with Crippen LogP contribution in [-0.2, 0) is 9.59 Å². The minimum Gasteiger partial charge on any atom is -0.479 e. The maximum atomic E-state index is 13.1. The molecule has 0 radical (unpaired) electrons. The van der Waals surface area contributed by atoms with E-state index in [-0.39, 0.29) is 11.6 Å². The van der Waals surface area contributed by atoms with Crippen LogP contribution in [0.4, 0.5) is 20.2 Å². The molecule has 1 aliphatic heterocycles. The van der Waals surface area contributed by atoms with Gasteiger partial charge >= 0.3 is 11.9 Å². The molecule has 10 heteroatoms. The van der Waals surface area contributed by atoms with Crippen LogP contribution in [0, 0.1) is 11.6 Å². The molecule has 5 N–H and O–H groups in total. The molecule has 8 nitrogen and oxygen atoms in total. The van der Waals surface area contributed by atoms with Crippen LogP contribution >= 0.6 is 0 Å². The molecule has 0 amide bonds. The maximum absolute atomic E-state index is 13.1. The lowest BCUT2D eigenvalue weighted by atomic mass is 10.1. The molecule has 0 bridgehead atoms. The lowest BCUT2D eigenvalue weighted by Crippen LogP contribution is -2.32. The molecule has 42 heavy (non-hydrogen) atoms. The Morgan fingerprint density at radius 3 is 1.36 bits per heavy atom. The standard InChI is InChI=1S/C16H16F2N2.2C8H8O3/c17-12-1-5-14(6-2-12)20(16-9-10-19-11-16)15-7-3-13(18)4-8-15;2*9-7(8(10)11)6-4-2-1-3-5-6/h1-8,16,19H,9-11H2;2*1-5,7,9H,(H,10,11)/t16-;2*7-/m011/s1. The van der Waals surface area contributed by atoms with Crippen LogP contribution in [0.15, 0.2) is 109 Å². The van der Waals surface area contributed by atoms with Crippen LogP contribution in [0.5, 0.6) is 0 Å². The smallest absolute Gasteiger partial charge is 0.337 e. The number of nitrogens with one attached hydrogen (secondary N) is 1. The molecular formula is C32H32F2N2O6. The lowest BCUT2D eigenvalue weighted by molar-refractivity contribution is -0.147. The van der Waals surface area contributed by atoms with Gasteiger partial charge in [0.2, 0.25) is 0 Å². The molecule has 220 valence electrons. The number of aliphatic hydroxyl groups excluding tert-OH is 2. The molecule has 4 aromatic rings. The maximum Gasteiger partial charge on any atom is 0.337 e. The van der Waals surface area contributed by atoms with E-state index >= 15 is 0 Å². The van der Waals surface area contributed by atoms with E-state index in [1.807, 2.05) is 0 Å². The minimum absolute atomic E-state index is 0.252. The van der Waals surface area contributed by atoms with E-state index < -0.39 is 24.1 Å². The summed E-state index contributed by atoms with van der Waals surface area (Å²) in [4.78, 5) is 22.6. The number of rotatable bonds is 7. The van der Waals surface area contributed by atoms with Gasteiger partial charge in [-0.15, -0.1) is 0 Å². The van der Waals surface area contributed by atoms with Gasteiger partial charge in [0.25, 0.3) is 0 Å². The van der Waals surface area contributed by atoms with Gasteiger partial charge in [-0.1, -0.05) is 60.7 Å². The average molecular weight is 579 g/mol. The van der Waals surface area contributed by atoms with Crippen molar-refractivity contribution in [1.29, 1.82) is 0 Å². The third kappa shape index (κ3) is 9.48. The molecular weight excluding hydrogens is 546 g/mol. The summed E-state index contributed by atoms with van der Waals surface area (Å²) in [6, 6.07) is 29.7. The van der Waals surface area contributed by atoms with Crippen molar-refractivity contribution >= 4 is 23.3 Å². The molecule has 4 aromatic carbocycles. The zero-order chi connectivity index (χ0) is 30.5. The third-order valence-corrected chi connectivity index (χ3v) is 6.31. The Morgan fingerprint density at radius 2 is 1.05 bits per heavy atom. The third-order valence-electron chi connectivity index (χ3n) is 6.31. The van der Waals surface area contributed by atoms with Crippen LogP contribution in [0.2, 0.25) is 0 Å². The van der Waals surface area contributed by atoms with Crippen molar-refractivity contribution in [3.05, 3.63) is 132 Å². The highest BCUT2D eigenvalue weighted by atomic mass is 19.1. The van der Waals surface area contributed by atoms with E-state index in [1.54, 1.807) is 84.9 Å². The number of hydrogen-bond acceptors (Lipinski definition) is 6. The molecule has 1 heterocycles. The van der Waals surface area contributed by atoms with Crippen LogP contribution in [0.3, 0.4) is 0 Å². The number of carboxylic acid groups (broad SMARTS) is 2. The van der Waals surface area contributed by atoms with Gasteiger partial charge in [0.1, 0.15) is 11.6 Å². The summed E-state index contributed by atoms with van der Waals surface area (Å²) in [5.41, 5.74) is 2.65. The van der Waals surface area contributed by atoms with Gasteiger partial charge in [-0.2, -0.15) is 0 Å². The van der Waals surface area contributed by atoms with E-state index in [9.17, 15) is 18.4 Å². The molecule has 0 unspecified atom stereocenters. The number of carboxylic acids is 2. The Morgan fingerprint density at radius 1 is 0.667 bits per heavy atom. The normalized spacial score (nSPS) is 15.2. The summed E-state index contributed by atoms with van der Waals surface area (Å²) in [7, 11) is 0. The van der Waals surface area contributed by atoms with Crippen molar-refractivity contribution in [3.8, 4) is 0 Å². The summed E-state index contributed by atoms with van der Waals surface area (Å²) >= 11 is 0. The summed E-state index contributed by atoms with van der Waals surface area (Å²) < 4.78 is 26.2. The fraction of sp³-hybridized carbons (Fsp3) is 0.188. The lowest BCUT2D eigenvalue weighted by Gasteiger charge is -2.31. The number of hydrogen-bond donors (Lipinski definition) is 5. The Kier molecular flexibility index (Phi) is 12.1. The van der Waals surface area contributed by atoms with E-state index in [0.717, 1.165) is 30.9 Å². The predicted molar refractivity (Wildman–Crippen MR) is 154 cm³/mol. The minimum atomic E-state index is -1.41. The van der Waals surface area contributed by atoms with Gasteiger partial charge < -0.3 is 30.6 Å². The van der Waals surface area contributed by atoms with Gasteiger partial charge in [0.15, 0.2) is 12.2 Å². The van der Waals surface area contributed by atoms with Crippen LogP contribution in [-0.4, -0.2) is 51.5 Å². The molecule has 1 saturated heterocycles. The van der Waals surface area contributed by atoms with E-state index in [4.69, 9.17) is 20.4 Å². The molecule has 1 fully saturated rings. The van der Waals surface area contributed by atoms with Crippen molar-refractivity contribution in [2.24, 2.45) is 0 Å². The van der Waals surface area contributed by atoms with Crippen LogP contribution in [0.1, 0.15) is 29.8 Å². The first-order chi connectivity index (χ1) is 20.2. The van der Waals surface area contributed by atoms with Crippen molar-refractivity contribution < 1.29 is 38.8 Å². The fourth-order valence-corrected chi connectivity index (χ4v) is 4.19. The molecule has 3 atom stereocenters. The van der Waals surface area contributed by atoms with E-state index in [1.165, 1.54) is 24.3 Å². The number of aliphatic hydroxyl groups is 2.